The van der Waals surface area contributed by atoms with Gasteiger partial charge in [0.05, 0.1) is 11.2 Å². The van der Waals surface area contributed by atoms with Gasteiger partial charge in [0.15, 0.2) is 0 Å². The Labute approximate surface area is 110 Å². The van der Waals surface area contributed by atoms with E-state index in [9.17, 15) is 0 Å². The summed E-state index contributed by atoms with van der Waals surface area (Å²) in [6.45, 7) is 1.92. The molecule has 0 saturated heterocycles. The van der Waals surface area contributed by atoms with Gasteiger partial charge in [0.1, 0.15) is 11.5 Å². The number of nitrogens with zero attached hydrogens (tertiary/aromatic N) is 1. The van der Waals surface area contributed by atoms with Gasteiger partial charge >= 0.3 is 0 Å². The number of rotatable bonds is 3. The molecule has 17 heavy (non-hydrogen) atoms. The summed E-state index contributed by atoms with van der Waals surface area (Å²) in [6, 6.07) is 9.23. The molecule has 0 N–H and O–H groups in total. The van der Waals surface area contributed by atoms with Gasteiger partial charge < -0.3 is 4.74 Å². The molecule has 1 aromatic carbocycles. The topological polar surface area (TPSA) is 22.1 Å². The fourth-order valence-corrected chi connectivity index (χ4v) is 1.76. The predicted octanol–water partition coefficient (Wildman–Crippen LogP) is 4.57. The van der Waals surface area contributed by atoms with Gasteiger partial charge in [0.2, 0.25) is 0 Å². The molecule has 0 atom stereocenters. The van der Waals surface area contributed by atoms with Gasteiger partial charge in [-0.3, -0.25) is 4.98 Å². The van der Waals surface area contributed by atoms with Crippen LogP contribution >= 0.6 is 23.2 Å². The van der Waals surface area contributed by atoms with Crippen LogP contribution in [0.2, 0.25) is 5.02 Å². The Morgan fingerprint density at radius 3 is 2.65 bits per heavy atom. The standard InChI is InChI=1S/C13H11Cl2NO/c1-9-2-4-11(8-16-9)17-13-5-3-10(7-14)6-12(13)15/h2-6,8H,7H2,1H3. The van der Waals surface area contributed by atoms with Gasteiger partial charge in [-0.15, -0.1) is 11.6 Å². The van der Waals surface area contributed by atoms with Crippen molar-refractivity contribution in [3.8, 4) is 11.5 Å². The summed E-state index contributed by atoms with van der Waals surface area (Å²) in [4.78, 5) is 4.15. The fraction of sp³-hybridized carbons (Fsp3) is 0.154. The monoisotopic (exact) mass is 267 g/mol. The van der Waals surface area contributed by atoms with E-state index < -0.39 is 0 Å². The van der Waals surface area contributed by atoms with Crippen molar-refractivity contribution in [1.29, 1.82) is 0 Å². The molecule has 0 spiro atoms. The maximum Gasteiger partial charge on any atom is 0.146 e. The molecule has 4 heteroatoms. The third-order valence-corrected chi connectivity index (χ3v) is 2.87. The number of halogens is 2. The molecule has 0 aliphatic heterocycles. The van der Waals surface area contributed by atoms with E-state index in [0.717, 1.165) is 11.3 Å². The Morgan fingerprint density at radius 1 is 1.24 bits per heavy atom. The summed E-state index contributed by atoms with van der Waals surface area (Å²) in [5, 5.41) is 0.545. The van der Waals surface area contributed by atoms with Crippen molar-refractivity contribution in [2.24, 2.45) is 0 Å². The van der Waals surface area contributed by atoms with E-state index in [0.29, 0.717) is 22.4 Å². The van der Waals surface area contributed by atoms with Crippen LogP contribution < -0.4 is 4.74 Å². The lowest BCUT2D eigenvalue weighted by molar-refractivity contribution is 0.480. The summed E-state index contributed by atoms with van der Waals surface area (Å²) < 4.78 is 5.63. The van der Waals surface area contributed by atoms with Crippen molar-refractivity contribution in [3.05, 3.63) is 52.8 Å². The molecule has 2 aromatic rings. The highest BCUT2D eigenvalue weighted by atomic mass is 35.5. The van der Waals surface area contributed by atoms with Gasteiger partial charge in [-0.2, -0.15) is 0 Å². The lowest BCUT2D eigenvalue weighted by Crippen LogP contribution is -1.88. The molecule has 2 rings (SSSR count). The van der Waals surface area contributed by atoms with Gasteiger partial charge in [0.25, 0.3) is 0 Å². The van der Waals surface area contributed by atoms with Crippen molar-refractivity contribution < 1.29 is 4.74 Å². The second-order valence-electron chi connectivity index (χ2n) is 3.64. The van der Waals surface area contributed by atoms with E-state index in [1.54, 1.807) is 18.3 Å². The number of benzene rings is 1. The molecule has 0 saturated carbocycles. The molecule has 0 unspecified atom stereocenters. The van der Waals surface area contributed by atoms with Crippen LogP contribution in [0.3, 0.4) is 0 Å². The van der Waals surface area contributed by atoms with Crippen LogP contribution in [0, 0.1) is 6.92 Å². The van der Waals surface area contributed by atoms with Gasteiger partial charge in [0, 0.05) is 11.6 Å². The Morgan fingerprint density at radius 2 is 2.06 bits per heavy atom. The molecule has 2 nitrogen and oxygen atoms in total. The second kappa shape index (κ2) is 5.39. The minimum absolute atomic E-state index is 0.437. The molecule has 1 aromatic heterocycles. The van der Waals surface area contributed by atoms with Crippen LogP contribution in [-0.4, -0.2) is 4.98 Å². The first-order chi connectivity index (χ1) is 8.19. The minimum atomic E-state index is 0.437. The zero-order valence-electron chi connectivity index (χ0n) is 9.28. The molecule has 0 amide bonds. The fourth-order valence-electron chi connectivity index (χ4n) is 1.35. The van der Waals surface area contributed by atoms with Crippen molar-refractivity contribution in [1.82, 2.24) is 4.98 Å². The number of ether oxygens (including phenoxy) is 1. The normalized spacial score (nSPS) is 10.3. The second-order valence-corrected chi connectivity index (χ2v) is 4.31. The molecule has 1 heterocycles. The van der Waals surface area contributed by atoms with E-state index in [-0.39, 0.29) is 0 Å². The largest absolute Gasteiger partial charge is 0.454 e. The molecule has 0 aliphatic rings. The Hall–Kier alpha value is -1.25. The Balaban J connectivity index is 2.21. The minimum Gasteiger partial charge on any atom is -0.454 e. The number of hydrogen-bond donors (Lipinski definition) is 0. The number of aryl methyl sites for hydroxylation is 1. The number of pyridine rings is 1. The van der Waals surface area contributed by atoms with Crippen molar-refractivity contribution in [2.75, 3.05) is 0 Å². The van der Waals surface area contributed by atoms with Crippen LogP contribution in [0.25, 0.3) is 0 Å². The summed E-state index contributed by atoms with van der Waals surface area (Å²) in [6.07, 6.45) is 1.67. The van der Waals surface area contributed by atoms with Gasteiger partial charge in [-0.25, -0.2) is 0 Å². The lowest BCUT2D eigenvalue weighted by Gasteiger charge is -2.08. The summed E-state index contributed by atoms with van der Waals surface area (Å²) in [5.41, 5.74) is 1.91. The first-order valence-electron chi connectivity index (χ1n) is 5.14. The quantitative estimate of drug-likeness (QED) is 0.760. The van der Waals surface area contributed by atoms with Crippen LogP contribution in [0.15, 0.2) is 36.5 Å². The molecular weight excluding hydrogens is 257 g/mol. The lowest BCUT2D eigenvalue weighted by atomic mass is 10.2. The Bertz CT molecular complexity index is 511. The molecule has 0 aliphatic carbocycles. The van der Waals surface area contributed by atoms with E-state index in [4.69, 9.17) is 27.9 Å². The first kappa shape index (κ1) is 12.2. The highest BCUT2D eigenvalue weighted by Gasteiger charge is 2.04. The first-order valence-corrected chi connectivity index (χ1v) is 6.05. The van der Waals surface area contributed by atoms with E-state index in [2.05, 4.69) is 4.98 Å². The zero-order valence-corrected chi connectivity index (χ0v) is 10.8. The predicted molar refractivity (Wildman–Crippen MR) is 70.1 cm³/mol. The molecule has 0 radical (unpaired) electrons. The maximum absolute atomic E-state index is 6.09. The highest BCUT2D eigenvalue weighted by molar-refractivity contribution is 6.32. The van der Waals surface area contributed by atoms with E-state index >= 15 is 0 Å². The number of aromatic nitrogens is 1. The average Bonchev–Trinajstić information content (AvgIpc) is 2.34. The zero-order chi connectivity index (χ0) is 12.3. The molecule has 88 valence electrons. The Kier molecular flexibility index (Phi) is 3.87. The summed E-state index contributed by atoms with van der Waals surface area (Å²) >= 11 is 11.8. The smallest absolute Gasteiger partial charge is 0.146 e. The van der Waals surface area contributed by atoms with Crippen molar-refractivity contribution in [3.63, 3.8) is 0 Å². The summed E-state index contributed by atoms with van der Waals surface area (Å²) in [5.74, 6) is 1.70. The maximum atomic E-state index is 6.09. The van der Waals surface area contributed by atoms with Crippen molar-refractivity contribution >= 4 is 23.2 Å². The van der Waals surface area contributed by atoms with Crippen LogP contribution in [0.5, 0.6) is 11.5 Å². The van der Waals surface area contributed by atoms with Gasteiger partial charge in [-0.05, 0) is 36.8 Å². The van der Waals surface area contributed by atoms with Crippen LogP contribution in [0.1, 0.15) is 11.3 Å². The molecule has 0 bridgehead atoms. The third-order valence-electron chi connectivity index (χ3n) is 2.26. The summed E-state index contributed by atoms with van der Waals surface area (Å²) in [7, 11) is 0. The average molecular weight is 268 g/mol. The SMILES string of the molecule is Cc1ccc(Oc2ccc(CCl)cc2Cl)cn1. The van der Waals surface area contributed by atoms with Crippen LogP contribution in [0.4, 0.5) is 0 Å². The van der Waals surface area contributed by atoms with E-state index in [1.807, 2.05) is 25.1 Å². The van der Waals surface area contributed by atoms with Crippen molar-refractivity contribution in [2.45, 2.75) is 12.8 Å². The molecular formula is C13H11Cl2NO. The number of alkyl halides is 1. The van der Waals surface area contributed by atoms with Gasteiger partial charge in [-0.1, -0.05) is 17.7 Å². The third kappa shape index (κ3) is 3.11. The van der Waals surface area contributed by atoms with Crippen LogP contribution in [-0.2, 0) is 5.88 Å². The molecule has 0 fully saturated rings. The highest BCUT2D eigenvalue weighted by Crippen LogP contribution is 2.30. The number of hydrogen-bond acceptors (Lipinski definition) is 2. The van der Waals surface area contributed by atoms with E-state index in [1.165, 1.54) is 0 Å².